The first-order chi connectivity index (χ1) is 3.72. The minimum absolute atomic E-state index is 1.05. The zero-order valence-electron chi connectivity index (χ0n) is 6.44. The Morgan fingerprint density at radius 2 is 1.50 bits per heavy atom. The van der Waals surface area contributed by atoms with Crippen LogP contribution in [0.2, 0.25) is 9.88 Å². The summed E-state index contributed by atoms with van der Waals surface area (Å²) in [7, 11) is 0. The zero-order valence-corrected chi connectivity index (χ0v) is 9.73. The molecule has 8 heavy (non-hydrogen) atoms. The Hall–Kier alpha value is 0.759. The van der Waals surface area contributed by atoms with E-state index in [9.17, 15) is 0 Å². The van der Waals surface area contributed by atoms with E-state index in [1.807, 2.05) is 0 Å². The van der Waals surface area contributed by atoms with E-state index in [2.05, 4.69) is 26.8 Å². The molecule has 1 nitrogen and oxygen atoms in total. The van der Waals surface area contributed by atoms with Crippen LogP contribution in [0.1, 0.15) is 13.8 Å². The predicted molar refractivity (Wildman–Crippen MR) is 41.8 cm³/mol. The normalized spacial score (nSPS) is 11.2. The Morgan fingerprint density at radius 1 is 1.12 bits per heavy atom. The van der Waals surface area contributed by atoms with Crippen molar-refractivity contribution in [2.75, 3.05) is 13.1 Å². The average Bonchev–Trinajstić information content (AvgIpc) is 1.69. The second-order valence-electron chi connectivity index (χ2n) is 2.31. The molecule has 0 spiro atoms. The van der Waals surface area contributed by atoms with Gasteiger partial charge in [0, 0.05) is 0 Å². The van der Waals surface area contributed by atoms with Crippen LogP contribution < -0.4 is 0 Å². The van der Waals surface area contributed by atoms with E-state index in [0.717, 1.165) is 0 Å². The number of hydrogen-bond donors (Lipinski definition) is 0. The first-order valence-corrected chi connectivity index (χ1v) is 11.5. The molecule has 0 aromatic heterocycles. The molecule has 0 aliphatic heterocycles. The van der Waals surface area contributed by atoms with Crippen LogP contribution in [0.5, 0.6) is 0 Å². The fourth-order valence-electron chi connectivity index (χ4n) is 0.954. The van der Waals surface area contributed by atoms with E-state index in [1.54, 1.807) is 0 Å². The van der Waals surface area contributed by atoms with Crippen LogP contribution >= 0.6 is 0 Å². The maximum absolute atomic E-state index is 2.63. The van der Waals surface area contributed by atoms with Gasteiger partial charge in [0.25, 0.3) is 0 Å². The van der Waals surface area contributed by atoms with Crippen LogP contribution in [0, 0.1) is 0 Å². The molecule has 50 valence electrons. The Balaban J connectivity index is 3.35. The van der Waals surface area contributed by atoms with Crippen molar-refractivity contribution in [3.05, 3.63) is 0 Å². The quantitative estimate of drug-likeness (QED) is 0.650. The monoisotopic (exact) mass is 223 g/mol. The van der Waals surface area contributed by atoms with Gasteiger partial charge in [0.1, 0.15) is 0 Å². The third-order valence-electron chi connectivity index (χ3n) is 1.54. The van der Waals surface area contributed by atoms with Crippen molar-refractivity contribution in [1.82, 2.24) is 3.12 Å². The standard InChI is InChI=1S/C4H10N.2CH3.Sn.H/c1-3-5-4-2;;;;/h3-4H2,1-2H3;2*1H3;;/q-1;;;+1;. The molecule has 0 unspecified atom stereocenters. The van der Waals surface area contributed by atoms with E-state index in [1.165, 1.54) is 13.1 Å². The summed E-state index contributed by atoms with van der Waals surface area (Å²) in [6.45, 7) is 7.04. The zero-order chi connectivity index (χ0) is 6.57. The summed E-state index contributed by atoms with van der Waals surface area (Å²) in [4.78, 5) is 4.88. The van der Waals surface area contributed by atoms with Crippen LogP contribution in [0.25, 0.3) is 0 Å². The molecule has 0 bridgehead atoms. The molecule has 0 fully saturated rings. The second-order valence-corrected chi connectivity index (χ2v) is 10.6. The van der Waals surface area contributed by atoms with Gasteiger partial charge in [-0.1, -0.05) is 0 Å². The van der Waals surface area contributed by atoms with Crippen molar-refractivity contribution in [2.45, 2.75) is 23.7 Å². The van der Waals surface area contributed by atoms with Gasteiger partial charge in [-0.2, -0.15) is 0 Å². The van der Waals surface area contributed by atoms with E-state index in [4.69, 9.17) is 0 Å². The molecule has 0 rings (SSSR count). The second kappa shape index (κ2) is 4.62. The Morgan fingerprint density at radius 3 is 1.50 bits per heavy atom. The topological polar surface area (TPSA) is 3.24 Å². The molecule has 0 saturated carbocycles. The summed E-state index contributed by atoms with van der Waals surface area (Å²) in [6.07, 6.45) is 0. The van der Waals surface area contributed by atoms with Gasteiger partial charge in [-0.15, -0.1) is 0 Å². The summed E-state index contributed by atoms with van der Waals surface area (Å²) in [5, 5.41) is 0. The molecule has 0 amide bonds. The molecular weight excluding hydrogens is 205 g/mol. The van der Waals surface area contributed by atoms with Crippen molar-refractivity contribution in [3.63, 3.8) is 0 Å². The van der Waals surface area contributed by atoms with Gasteiger partial charge in [0.2, 0.25) is 0 Å². The van der Waals surface area contributed by atoms with Gasteiger partial charge in [-0.3, -0.25) is 0 Å². The van der Waals surface area contributed by atoms with Gasteiger partial charge in [0.15, 0.2) is 0 Å². The molecule has 0 heterocycles. The summed E-state index contributed by atoms with van der Waals surface area (Å²) < 4.78 is 2.63. The predicted octanol–water partition coefficient (Wildman–Crippen LogP) is 1.31. The van der Waals surface area contributed by atoms with E-state index < -0.39 is 20.0 Å². The molecule has 2 heteroatoms. The molecule has 0 aromatic carbocycles. The Kier molecular flexibility index (Phi) is 5.06. The minimum atomic E-state index is -1.05. The molecule has 0 aliphatic rings. The van der Waals surface area contributed by atoms with Crippen molar-refractivity contribution < 1.29 is 0 Å². The third kappa shape index (κ3) is 2.92. The van der Waals surface area contributed by atoms with Crippen molar-refractivity contribution in [3.8, 4) is 0 Å². The third-order valence-corrected chi connectivity index (χ3v) is 7.80. The van der Waals surface area contributed by atoms with E-state index >= 15 is 0 Å². The number of rotatable bonds is 3. The molecule has 0 aromatic rings. The summed E-state index contributed by atoms with van der Waals surface area (Å²) >= 11 is -1.05. The molecular formula is C6H17NSn. The van der Waals surface area contributed by atoms with Crippen LogP contribution in [0.15, 0.2) is 0 Å². The van der Waals surface area contributed by atoms with Gasteiger partial charge >= 0.3 is 60.0 Å². The molecule has 0 atom stereocenters. The van der Waals surface area contributed by atoms with Crippen molar-refractivity contribution >= 4 is 20.0 Å². The molecule has 0 N–H and O–H groups in total. The van der Waals surface area contributed by atoms with Gasteiger partial charge < -0.3 is 0 Å². The number of nitrogens with zero attached hydrogens (tertiary/aromatic N) is 1. The average molecular weight is 222 g/mol. The first-order valence-electron chi connectivity index (χ1n) is 3.46. The molecule has 0 radical (unpaired) electrons. The Bertz CT molecular complexity index is 50.5. The fraction of sp³-hybridized carbons (Fsp3) is 1.00. The van der Waals surface area contributed by atoms with Crippen LogP contribution in [0.4, 0.5) is 0 Å². The van der Waals surface area contributed by atoms with Gasteiger partial charge in [-0.05, 0) is 0 Å². The summed E-state index contributed by atoms with van der Waals surface area (Å²) in [5.41, 5.74) is 0. The SMILES string of the molecule is CC[N](CC)[SnH]([CH3])[CH3]. The van der Waals surface area contributed by atoms with Crippen LogP contribution in [-0.2, 0) is 0 Å². The van der Waals surface area contributed by atoms with Gasteiger partial charge in [-0.25, -0.2) is 0 Å². The summed E-state index contributed by atoms with van der Waals surface area (Å²) in [6, 6.07) is 0. The Labute approximate surface area is 60.2 Å². The fourth-order valence-corrected chi connectivity index (χ4v) is 5.12. The van der Waals surface area contributed by atoms with Crippen LogP contribution in [0.3, 0.4) is 0 Å². The van der Waals surface area contributed by atoms with E-state index in [-0.39, 0.29) is 0 Å². The maximum atomic E-state index is 2.63. The molecule has 0 aliphatic carbocycles. The number of hydrogen-bond acceptors (Lipinski definition) is 1. The van der Waals surface area contributed by atoms with Crippen molar-refractivity contribution in [1.29, 1.82) is 0 Å². The van der Waals surface area contributed by atoms with Crippen molar-refractivity contribution in [2.24, 2.45) is 0 Å². The first kappa shape index (κ1) is 8.76. The van der Waals surface area contributed by atoms with E-state index in [0.29, 0.717) is 0 Å². The van der Waals surface area contributed by atoms with Gasteiger partial charge in [0.05, 0.1) is 0 Å². The summed E-state index contributed by atoms with van der Waals surface area (Å²) in [5.74, 6) is 0. The molecule has 0 saturated heterocycles. The van der Waals surface area contributed by atoms with Crippen LogP contribution in [-0.4, -0.2) is 36.2 Å².